The van der Waals surface area contributed by atoms with E-state index in [1.54, 1.807) is 42.5 Å². The van der Waals surface area contributed by atoms with Gasteiger partial charge in [-0.1, -0.05) is 79.9 Å². The third-order valence-corrected chi connectivity index (χ3v) is 8.68. The molecule has 224 valence electrons. The van der Waals surface area contributed by atoms with Gasteiger partial charge in [-0.25, -0.2) is 12.8 Å². The van der Waals surface area contributed by atoms with Gasteiger partial charge in [-0.15, -0.1) is 0 Å². The molecule has 8 nitrogen and oxygen atoms in total. The molecule has 2 amide bonds. The van der Waals surface area contributed by atoms with Crippen molar-refractivity contribution < 1.29 is 27.1 Å². The minimum atomic E-state index is -3.96. The van der Waals surface area contributed by atoms with Gasteiger partial charge in [0, 0.05) is 24.6 Å². The van der Waals surface area contributed by atoms with Gasteiger partial charge >= 0.3 is 0 Å². The first-order valence-corrected chi connectivity index (χ1v) is 16.0. The van der Waals surface area contributed by atoms with Crippen molar-refractivity contribution in [3.05, 3.63) is 95.8 Å². The van der Waals surface area contributed by atoms with Crippen molar-refractivity contribution in [2.45, 2.75) is 57.2 Å². The molecule has 1 unspecified atom stereocenters. The average Bonchev–Trinajstić information content (AvgIpc) is 2.99. The van der Waals surface area contributed by atoms with E-state index >= 15 is 0 Å². The number of nitrogens with one attached hydrogen (secondary N) is 1. The first-order valence-electron chi connectivity index (χ1n) is 14.1. The minimum absolute atomic E-state index is 0.0176. The molecule has 1 atom stereocenters. The molecule has 10 heteroatoms. The standard InChI is InChI=1S/C32H38FN3O5S/c1-41-30-20-12-11-19-28(30)36(42(2,39)40)23-31(37)35(22-25-15-9-10-18-27(25)33)29(21-24-13-5-3-6-14-24)32(38)34-26-16-7-4-8-17-26/h3,5-6,9-15,18-20,26,29H,4,7-8,16-17,21-23H2,1-2H3,(H,34,38). The Bertz CT molecular complexity index is 1460. The fourth-order valence-corrected chi connectivity index (χ4v) is 6.19. The van der Waals surface area contributed by atoms with Gasteiger partial charge in [0.2, 0.25) is 21.8 Å². The van der Waals surface area contributed by atoms with Crippen LogP contribution in [0.5, 0.6) is 5.75 Å². The molecule has 0 radical (unpaired) electrons. The van der Waals surface area contributed by atoms with Crippen LogP contribution in [-0.4, -0.2) is 57.1 Å². The molecule has 42 heavy (non-hydrogen) atoms. The number of hydrogen-bond donors (Lipinski definition) is 1. The van der Waals surface area contributed by atoms with Crippen LogP contribution in [0.1, 0.15) is 43.2 Å². The Hall–Kier alpha value is -3.92. The maximum absolute atomic E-state index is 14.9. The highest BCUT2D eigenvalue weighted by atomic mass is 32.2. The first kappa shape index (κ1) is 31.0. The number of nitrogens with zero attached hydrogens (tertiary/aromatic N) is 2. The van der Waals surface area contributed by atoms with Gasteiger partial charge in [0.1, 0.15) is 24.2 Å². The molecule has 0 saturated heterocycles. The predicted octanol–water partition coefficient (Wildman–Crippen LogP) is 4.69. The summed E-state index contributed by atoms with van der Waals surface area (Å²) in [6, 6.07) is 20.8. The minimum Gasteiger partial charge on any atom is -0.495 e. The molecule has 3 aromatic rings. The van der Waals surface area contributed by atoms with Crippen LogP contribution < -0.4 is 14.4 Å². The third kappa shape index (κ3) is 8.09. The Morgan fingerprint density at radius 2 is 1.60 bits per heavy atom. The Balaban J connectivity index is 1.75. The van der Waals surface area contributed by atoms with E-state index in [4.69, 9.17) is 4.74 Å². The molecule has 1 aliphatic rings. The van der Waals surface area contributed by atoms with Crippen LogP contribution >= 0.6 is 0 Å². The zero-order valence-corrected chi connectivity index (χ0v) is 24.9. The summed E-state index contributed by atoms with van der Waals surface area (Å²) >= 11 is 0. The van der Waals surface area contributed by atoms with Gasteiger partial charge < -0.3 is 15.0 Å². The van der Waals surface area contributed by atoms with Gasteiger partial charge in [-0.3, -0.25) is 13.9 Å². The van der Waals surface area contributed by atoms with E-state index in [0.29, 0.717) is 0 Å². The summed E-state index contributed by atoms with van der Waals surface area (Å²) in [4.78, 5) is 29.4. The SMILES string of the molecule is COc1ccccc1N(CC(=O)N(Cc1ccccc1F)C(Cc1ccccc1)C(=O)NC1CCCCC1)S(C)(=O)=O. The number of carbonyl (C=O) groups is 2. The molecule has 1 N–H and O–H groups in total. The van der Waals surface area contributed by atoms with Gasteiger partial charge in [-0.05, 0) is 36.6 Å². The van der Waals surface area contributed by atoms with E-state index in [2.05, 4.69) is 5.32 Å². The lowest BCUT2D eigenvalue weighted by atomic mass is 9.94. The Morgan fingerprint density at radius 3 is 2.26 bits per heavy atom. The highest BCUT2D eigenvalue weighted by molar-refractivity contribution is 7.92. The Kier molecular flexibility index (Phi) is 10.6. The number of benzene rings is 3. The van der Waals surface area contributed by atoms with Crippen molar-refractivity contribution in [2.24, 2.45) is 0 Å². The van der Waals surface area contributed by atoms with Crippen LogP contribution in [0.15, 0.2) is 78.9 Å². The summed E-state index contributed by atoms with van der Waals surface area (Å²) in [6.45, 7) is -0.819. The van der Waals surface area contributed by atoms with Crippen LogP contribution in [0.25, 0.3) is 0 Å². The van der Waals surface area contributed by atoms with Crippen molar-refractivity contribution in [1.82, 2.24) is 10.2 Å². The lowest BCUT2D eigenvalue weighted by Gasteiger charge is -2.35. The van der Waals surface area contributed by atoms with Gasteiger partial charge in [-0.2, -0.15) is 0 Å². The van der Waals surface area contributed by atoms with Crippen molar-refractivity contribution in [3.8, 4) is 5.75 Å². The third-order valence-electron chi connectivity index (χ3n) is 7.55. The second kappa shape index (κ2) is 14.3. The van der Waals surface area contributed by atoms with Crippen LogP contribution in [0, 0.1) is 5.82 Å². The summed E-state index contributed by atoms with van der Waals surface area (Å²) in [5.41, 5.74) is 1.22. The highest BCUT2D eigenvalue weighted by Gasteiger charge is 2.35. The number of rotatable bonds is 12. The summed E-state index contributed by atoms with van der Waals surface area (Å²) in [6.07, 6.45) is 6.00. The molecular formula is C32H38FN3O5S. The largest absolute Gasteiger partial charge is 0.495 e. The molecule has 0 bridgehead atoms. The molecule has 0 spiro atoms. The summed E-state index contributed by atoms with van der Waals surface area (Å²) in [5, 5.41) is 3.13. The molecule has 1 fully saturated rings. The number of methoxy groups -OCH3 is 1. The van der Waals surface area contributed by atoms with Crippen LogP contribution in [0.4, 0.5) is 10.1 Å². The van der Waals surface area contributed by atoms with E-state index in [0.717, 1.165) is 48.2 Å². The van der Waals surface area contributed by atoms with Gasteiger partial charge in [0.05, 0.1) is 19.1 Å². The molecule has 1 aliphatic carbocycles. The summed E-state index contributed by atoms with van der Waals surface area (Å²) in [5.74, 6) is -1.24. The maximum Gasteiger partial charge on any atom is 0.244 e. The molecule has 4 rings (SSSR count). The van der Waals surface area contributed by atoms with Crippen molar-refractivity contribution in [1.29, 1.82) is 0 Å². The number of sulfonamides is 1. The van der Waals surface area contributed by atoms with Crippen molar-refractivity contribution in [3.63, 3.8) is 0 Å². The fraction of sp³-hybridized carbons (Fsp3) is 0.375. The normalized spacial score (nSPS) is 14.5. The fourth-order valence-electron chi connectivity index (χ4n) is 5.34. The van der Waals surface area contributed by atoms with E-state index in [-0.39, 0.29) is 41.9 Å². The van der Waals surface area contributed by atoms with Crippen LogP contribution in [0.3, 0.4) is 0 Å². The van der Waals surface area contributed by atoms with E-state index in [1.165, 1.54) is 18.1 Å². The summed E-state index contributed by atoms with van der Waals surface area (Å²) in [7, 11) is -2.54. The van der Waals surface area contributed by atoms with E-state index in [1.807, 2.05) is 30.3 Å². The Labute approximate surface area is 247 Å². The topological polar surface area (TPSA) is 96.0 Å². The lowest BCUT2D eigenvalue weighted by Crippen LogP contribution is -2.55. The maximum atomic E-state index is 14.9. The number of amides is 2. The first-order chi connectivity index (χ1) is 20.2. The predicted molar refractivity (Wildman–Crippen MR) is 161 cm³/mol. The summed E-state index contributed by atoms with van der Waals surface area (Å²) < 4.78 is 47.2. The molecule has 1 saturated carbocycles. The highest BCUT2D eigenvalue weighted by Crippen LogP contribution is 2.30. The molecule has 0 heterocycles. The van der Waals surface area contributed by atoms with Crippen molar-refractivity contribution >= 4 is 27.5 Å². The zero-order valence-electron chi connectivity index (χ0n) is 24.0. The number of hydrogen-bond acceptors (Lipinski definition) is 5. The smallest absolute Gasteiger partial charge is 0.244 e. The number of halogens is 1. The second-order valence-electron chi connectivity index (χ2n) is 10.6. The Morgan fingerprint density at radius 1 is 0.952 bits per heavy atom. The number of anilines is 1. The number of para-hydroxylation sites is 2. The quantitative estimate of drug-likeness (QED) is 0.328. The molecular weight excluding hydrogens is 557 g/mol. The monoisotopic (exact) mass is 595 g/mol. The van der Waals surface area contributed by atoms with Gasteiger partial charge in [0.15, 0.2) is 0 Å². The lowest BCUT2D eigenvalue weighted by molar-refractivity contribution is -0.140. The average molecular weight is 596 g/mol. The van der Waals surface area contributed by atoms with E-state index < -0.39 is 34.3 Å². The van der Waals surface area contributed by atoms with Gasteiger partial charge in [0.25, 0.3) is 0 Å². The molecule has 3 aromatic carbocycles. The molecule has 0 aliphatic heterocycles. The van der Waals surface area contributed by atoms with Crippen LogP contribution in [-0.2, 0) is 32.6 Å². The van der Waals surface area contributed by atoms with Crippen LogP contribution in [0.2, 0.25) is 0 Å². The van der Waals surface area contributed by atoms with E-state index in [9.17, 15) is 22.4 Å². The van der Waals surface area contributed by atoms with Crippen molar-refractivity contribution in [2.75, 3.05) is 24.2 Å². The molecule has 0 aromatic heterocycles. The number of carbonyl (C=O) groups excluding carboxylic acids is 2. The second-order valence-corrected chi connectivity index (χ2v) is 12.5. The zero-order chi connectivity index (χ0) is 30.1. The number of ether oxygens (including phenoxy) is 1.